The van der Waals surface area contributed by atoms with Crippen molar-refractivity contribution in [2.75, 3.05) is 13.1 Å². The van der Waals surface area contributed by atoms with Gasteiger partial charge in [-0.15, -0.1) is 0 Å². The minimum atomic E-state index is -3.47. The first-order chi connectivity index (χ1) is 9.25. The predicted molar refractivity (Wildman–Crippen MR) is 77.8 cm³/mol. The van der Waals surface area contributed by atoms with Crippen molar-refractivity contribution in [2.45, 2.75) is 44.6 Å². The highest BCUT2D eigenvalue weighted by atomic mass is 32.2. The molecule has 0 saturated carbocycles. The van der Waals surface area contributed by atoms with Crippen molar-refractivity contribution in [1.29, 1.82) is 0 Å². The second-order valence-corrected chi connectivity index (χ2v) is 7.62. The van der Waals surface area contributed by atoms with Gasteiger partial charge in [0.15, 0.2) is 0 Å². The Morgan fingerprint density at radius 2 is 2.05 bits per heavy atom. The van der Waals surface area contributed by atoms with Gasteiger partial charge < -0.3 is 5.73 Å². The van der Waals surface area contributed by atoms with E-state index < -0.39 is 10.0 Å². The van der Waals surface area contributed by atoms with Crippen LogP contribution in [0.3, 0.4) is 0 Å². The zero-order valence-electron chi connectivity index (χ0n) is 12.6. The van der Waals surface area contributed by atoms with Crippen LogP contribution < -0.4 is 5.73 Å². The number of hydrogen-bond donors (Lipinski definition) is 1. The molecule has 0 aliphatic carbocycles. The summed E-state index contributed by atoms with van der Waals surface area (Å²) in [5.41, 5.74) is 7.19. The molecular weight excluding hydrogens is 276 g/mol. The van der Waals surface area contributed by atoms with Crippen LogP contribution in [0.25, 0.3) is 0 Å². The Hall–Kier alpha value is -0.920. The average molecular weight is 300 g/mol. The number of piperidine rings is 1. The molecular formula is C13H24N4O2S. The van der Waals surface area contributed by atoms with Gasteiger partial charge in [-0.1, -0.05) is 0 Å². The molecule has 1 saturated heterocycles. The van der Waals surface area contributed by atoms with Crippen molar-refractivity contribution in [2.24, 2.45) is 18.7 Å². The predicted octanol–water partition coefficient (Wildman–Crippen LogP) is 0.785. The van der Waals surface area contributed by atoms with E-state index in [1.807, 2.05) is 6.92 Å². The fourth-order valence-electron chi connectivity index (χ4n) is 2.88. The lowest BCUT2D eigenvalue weighted by atomic mass is 9.93. The van der Waals surface area contributed by atoms with Gasteiger partial charge in [-0.3, -0.25) is 4.68 Å². The molecule has 1 aliphatic rings. The molecule has 114 valence electrons. The standard InChI is InChI=1S/C13H24N4O2S/c1-9(14)12-6-5-7-17(8-12)20(18,19)13-10(2)15-16(4)11(13)3/h9,12H,5-8,14H2,1-4H3. The fourth-order valence-corrected chi connectivity index (χ4v) is 4.81. The average Bonchev–Trinajstić information content (AvgIpc) is 2.63. The largest absolute Gasteiger partial charge is 0.328 e. The molecule has 2 N–H and O–H groups in total. The van der Waals surface area contributed by atoms with Crippen LogP contribution >= 0.6 is 0 Å². The van der Waals surface area contributed by atoms with Crippen molar-refractivity contribution in [1.82, 2.24) is 14.1 Å². The molecule has 0 bridgehead atoms. The van der Waals surface area contributed by atoms with Gasteiger partial charge in [0, 0.05) is 26.2 Å². The van der Waals surface area contributed by atoms with Crippen LogP contribution in [-0.2, 0) is 17.1 Å². The smallest absolute Gasteiger partial charge is 0.246 e. The quantitative estimate of drug-likeness (QED) is 0.894. The van der Waals surface area contributed by atoms with Gasteiger partial charge in [-0.05, 0) is 39.5 Å². The van der Waals surface area contributed by atoms with Gasteiger partial charge in [0.2, 0.25) is 10.0 Å². The molecule has 20 heavy (non-hydrogen) atoms. The van der Waals surface area contributed by atoms with Crippen LogP contribution in [0, 0.1) is 19.8 Å². The van der Waals surface area contributed by atoms with E-state index in [2.05, 4.69) is 5.10 Å². The fraction of sp³-hybridized carbons (Fsp3) is 0.769. The first-order valence-electron chi connectivity index (χ1n) is 7.01. The van der Waals surface area contributed by atoms with Crippen LogP contribution in [0.4, 0.5) is 0 Å². The normalized spacial score (nSPS) is 22.9. The first-order valence-corrected chi connectivity index (χ1v) is 8.45. The highest BCUT2D eigenvalue weighted by Gasteiger charge is 2.34. The summed E-state index contributed by atoms with van der Waals surface area (Å²) >= 11 is 0. The van der Waals surface area contributed by atoms with Gasteiger partial charge >= 0.3 is 0 Å². The Balaban J connectivity index is 2.35. The number of hydrogen-bond acceptors (Lipinski definition) is 4. The van der Waals surface area contributed by atoms with Crippen LogP contribution in [0.2, 0.25) is 0 Å². The van der Waals surface area contributed by atoms with Gasteiger partial charge in [-0.25, -0.2) is 8.42 Å². The lowest BCUT2D eigenvalue weighted by Crippen LogP contribution is -2.45. The highest BCUT2D eigenvalue weighted by molar-refractivity contribution is 7.89. The molecule has 0 aromatic carbocycles. The van der Waals surface area contributed by atoms with E-state index in [-0.39, 0.29) is 12.0 Å². The molecule has 6 nitrogen and oxygen atoms in total. The van der Waals surface area contributed by atoms with Crippen LogP contribution in [0.5, 0.6) is 0 Å². The minimum absolute atomic E-state index is 0.0177. The lowest BCUT2D eigenvalue weighted by Gasteiger charge is -2.33. The van der Waals surface area contributed by atoms with Crippen molar-refractivity contribution in [3.8, 4) is 0 Å². The minimum Gasteiger partial charge on any atom is -0.328 e. The Morgan fingerprint density at radius 1 is 1.40 bits per heavy atom. The van der Waals surface area contributed by atoms with E-state index in [0.717, 1.165) is 12.8 Å². The zero-order valence-corrected chi connectivity index (χ0v) is 13.4. The van der Waals surface area contributed by atoms with Crippen molar-refractivity contribution < 1.29 is 8.42 Å². The molecule has 1 fully saturated rings. The highest BCUT2D eigenvalue weighted by Crippen LogP contribution is 2.28. The molecule has 0 spiro atoms. The van der Waals surface area contributed by atoms with E-state index in [0.29, 0.717) is 29.4 Å². The Morgan fingerprint density at radius 3 is 2.55 bits per heavy atom. The third-order valence-electron chi connectivity index (χ3n) is 4.20. The van der Waals surface area contributed by atoms with Crippen molar-refractivity contribution in [3.05, 3.63) is 11.4 Å². The summed E-state index contributed by atoms with van der Waals surface area (Å²) in [5.74, 6) is 0.232. The molecule has 0 amide bonds. The number of aryl methyl sites for hydroxylation is 2. The topological polar surface area (TPSA) is 81.2 Å². The Kier molecular flexibility index (Phi) is 4.22. The summed E-state index contributed by atoms with van der Waals surface area (Å²) in [6.45, 7) is 6.56. The molecule has 2 rings (SSSR count). The van der Waals surface area contributed by atoms with Crippen LogP contribution in [-0.4, -0.2) is 41.6 Å². The first kappa shape index (κ1) is 15.5. The molecule has 2 unspecified atom stereocenters. The summed E-state index contributed by atoms with van der Waals surface area (Å²) in [6.07, 6.45) is 1.86. The van der Waals surface area contributed by atoms with Gasteiger partial charge in [0.1, 0.15) is 4.90 Å². The summed E-state index contributed by atoms with van der Waals surface area (Å²) in [5, 5.41) is 4.21. The number of aromatic nitrogens is 2. The Bertz CT molecular complexity index is 592. The molecule has 1 aromatic heterocycles. The van der Waals surface area contributed by atoms with E-state index in [4.69, 9.17) is 5.73 Å². The van der Waals surface area contributed by atoms with Crippen molar-refractivity contribution in [3.63, 3.8) is 0 Å². The van der Waals surface area contributed by atoms with Gasteiger partial charge in [0.05, 0.1) is 11.4 Å². The maximum atomic E-state index is 12.8. The lowest BCUT2D eigenvalue weighted by molar-refractivity contribution is 0.243. The second-order valence-electron chi connectivity index (χ2n) is 5.75. The number of rotatable bonds is 3. The maximum absolute atomic E-state index is 12.8. The SMILES string of the molecule is Cc1nn(C)c(C)c1S(=O)(=O)N1CCCC(C(C)N)C1. The van der Waals surface area contributed by atoms with Crippen LogP contribution in [0.1, 0.15) is 31.2 Å². The molecule has 0 radical (unpaired) electrons. The summed E-state index contributed by atoms with van der Waals surface area (Å²) < 4.78 is 28.9. The second kappa shape index (κ2) is 5.46. The molecule has 1 aliphatic heterocycles. The molecule has 7 heteroatoms. The van der Waals surface area contributed by atoms with Gasteiger partial charge in [-0.2, -0.15) is 9.40 Å². The molecule has 2 atom stereocenters. The number of nitrogens with zero attached hydrogens (tertiary/aromatic N) is 3. The summed E-state index contributed by atoms with van der Waals surface area (Å²) in [4.78, 5) is 0.352. The van der Waals surface area contributed by atoms with Crippen LogP contribution in [0.15, 0.2) is 4.90 Å². The maximum Gasteiger partial charge on any atom is 0.246 e. The molecule has 2 heterocycles. The number of nitrogens with two attached hydrogens (primary N) is 1. The van der Waals surface area contributed by atoms with E-state index in [1.165, 1.54) is 0 Å². The molecule has 1 aromatic rings. The van der Waals surface area contributed by atoms with E-state index in [9.17, 15) is 8.42 Å². The summed E-state index contributed by atoms with van der Waals surface area (Å²) in [7, 11) is -1.71. The summed E-state index contributed by atoms with van der Waals surface area (Å²) in [6, 6.07) is 0.0177. The Labute approximate surface area is 121 Å². The van der Waals surface area contributed by atoms with E-state index in [1.54, 1.807) is 29.9 Å². The van der Waals surface area contributed by atoms with Crippen molar-refractivity contribution >= 4 is 10.0 Å². The third kappa shape index (κ3) is 2.62. The number of sulfonamides is 1. The van der Waals surface area contributed by atoms with E-state index >= 15 is 0 Å². The monoisotopic (exact) mass is 300 g/mol. The van der Waals surface area contributed by atoms with Gasteiger partial charge in [0.25, 0.3) is 0 Å². The third-order valence-corrected chi connectivity index (χ3v) is 6.32. The zero-order chi connectivity index (χ0) is 15.1.